The van der Waals surface area contributed by atoms with Crippen LogP contribution in [0.4, 0.5) is 10.1 Å². The normalized spacial score (nSPS) is 24.5. The van der Waals surface area contributed by atoms with Gasteiger partial charge in [0.1, 0.15) is 16.3 Å². The Kier molecular flexibility index (Phi) is 3.03. The molecule has 1 atom stereocenters. The highest BCUT2D eigenvalue weighted by Crippen LogP contribution is 2.37. The van der Waals surface area contributed by atoms with Crippen LogP contribution < -0.4 is 11.1 Å². The number of anilines is 1. The molecule has 6 nitrogen and oxygen atoms in total. The summed E-state index contributed by atoms with van der Waals surface area (Å²) in [5.41, 5.74) is 4.53. The fourth-order valence-electron chi connectivity index (χ4n) is 2.80. The number of piperidine rings is 1. The summed E-state index contributed by atoms with van der Waals surface area (Å²) in [6.45, 7) is 1.50. The predicted octanol–water partition coefficient (Wildman–Crippen LogP) is 0.735. The lowest BCUT2D eigenvalue weighted by molar-refractivity contribution is -0.140. The molecule has 2 aliphatic rings. The second-order valence-electron chi connectivity index (χ2n) is 5.48. The zero-order valence-corrected chi connectivity index (χ0v) is 12.4. The van der Waals surface area contributed by atoms with E-state index in [2.05, 4.69) is 5.32 Å². The van der Waals surface area contributed by atoms with Crippen LogP contribution in [0.1, 0.15) is 35.7 Å². The van der Waals surface area contributed by atoms with Gasteiger partial charge in [-0.25, -0.2) is 4.39 Å². The SMILES string of the molecule is C[C@]1(N2C(=O)c3c(F)ccc(N)c3C2=S)CCC(=O)NC1=O. The zero-order valence-electron chi connectivity index (χ0n) is 11.6. The molecule has 2 heterocycles. The molecule has 0 radical (unpaired) electrons. The first-order valence-corrected chi connectivity index (χ1v) is 6.99. The lowest BCUT2D eigenvalue weighted by Gasteiger charge is -2.39. The van der Waals surface area contributed by atoms with Crippen LogP contribution in [0.5, 0.6) is 0 Å². The van der Waals surface area contributed by atoms with Crippen LogP contribution in [0.2, 0.25) is 0 Å². The Morgan fingerprint density at radius 3 is 2.59 bits per heavy atom. The third-order valence-electron chi connectivity index (χ3n) is 4.10. The number of nitrogens with one attached hydrogen (secondary N) is 1. The van der Waals surface area contributed by atoms with Crippen molar-refractivity contribution in [2.24, 2.45) is 0 Å². The molecule has 1 fully saturated rings. The molecular weight excluding hydrogens is 309 g/mol. The van der Waals surface area contributed by atoms with E-state index in [4.69, 9.17) is 18.0 Å². The van der Waals surface area contributed by atoms with Crippen molar-refractivity contribution >= 4 is 40.6 Å². The number of fused-ring (bicyclic) bond motifs is 1. The largest absolute Gasteiger partial charge is 0.398 e. The first-order valence-electron chi connectivity index (χ1n) is 6.58. The Morgan fingerprint density at radius 1 is 1.32 bits per heavy atom. The maximum atomic E-state index is 14.0. The van der Waals surface area contributed by atoms with Gasteiger partial charge in [0.15, 0.2) is 0 Å². The third kappa shape index (κ3) is 1.77. The Morgan fingerprint density at radius 2 is 2.00 bits per heavy atom. The van der Waals surface area contributed by atoms with Gasteiger partial charge in [0.25, 0.3) is 11.8 Å². The molecule has 0 unspecified atom stereocenters. The maximum Gasteiger partial charge on any atom is 0.263 e. The zero-order chi connectivity index (χ0) is 16.2. The van der Waals surface area contributed by atoms with Crippen LogP contribution in [0.3, 0.4) is 0 Å². The van der Waals surface area contributed by atoms with Gasteiger partial charge < -0.3 is 5.73 Å². The van der Waals surface area contributed by atoms with E-state index in [0.29, 0.717) is 0 Å². The van der Waals surface area contributed by atoms with Gasteiger partial charge in [0, 0.05) is 17.7 Å². The number of thiocarbonyl (C=S) groups is 1. The van der Waals surface area contributed by atoms with E-state index in [1.54, 1.807) is 0 Å². The number of imide groups is 1. The minimum Gasteiger partial charge on any atom is -0.398 e. The van der Waals surface area contributed by atoms with Gasteiger partial charge in [-0.1, -0.05) is 12.2 Å². The number of carbonyl (C=O) groups is 3. The molecule has 1 saturated heterocycles. The van der Waals surface area contributed by atoms with Crippen molar-refractivity contribution in [2.45, 2.75) is 25.3 Å². The predicted molar refractivity (Wildman–Crippen MR) is 79.5 cm³/mol. The molecule has 0 aromatic heterocycles. The fourth-order valence-corrected chi connectivity index (χ4v) is 3.31. The number of benzene rings is 1. The Labute approximate surface area is 130 Å². The first-order chi connectivity index (χ1) is 10.3. The fraction of sp³-hybridized carbons (Fsp3) is 0.286. The summed E-state index contributed by atoms with van der Waals surface area (Å²) in [5.74, 6) is -2.50. The van der Waals surface area contributed by atoms with Crippen molar-refractivity contribution in [2.75, 3.05) is 5.73 Å². The van der Waals surface area contributed by atoms with Gasteiger partial charge in [0.05, 0.1) is 5.56 Å². The molecule has 8 heteroatoms. The molecule has 0 aliphatic carbocycles. The van der Waals surface area contributed by atoms with Crippen LogP contribution in [0, 0.1) is 5.82 Å². The van der Waals surface area contributed by atoms with Crippen molar-refractivity contribution in [3.8, 4) is 0 Å². The molecule has 114 valence electrons. The van der Waals surface area contributed by atoms with E-state index in [9.17, 15) is 18.8 Å². The van der Waals surface area contributed by atoms with Crippen LogP contribution in [0.25, 0.3) is 0 Å². The van der Waals surface area contributed by atoms with Gasteiger partial charge >= 0.3 is 0 Å². The minimum atomic E-state index is -1.35. The number of carbonyl (C=O) groups excluding carboxylic acids is 3. The van der Waals surface area contributed by atoms with Gasteiger partial charge in [-0.05, 0) is 25.5 Å². The smallest absolute Gasteiger partial charge is 0.263 e. The van der Waals surface area contributed by atoms with E-state index >= 15 is 0 Å². The molecule has 0 bridgehead atoms. The van der Waals surface area contributed by atoms with E-state index < -0.39 is 29.1 Å². The average molecular weight is 321 g/mol. The molecule has 3 N–H and O–H groups in total. The summed E-state index contributed by atoms with van der Waals surface area (Å²) in [4.78, 5) is 37.2. The molecule has 0 saturated carbocycles. The molecule has 3 rings (SSSR count). The summed E-state index contributed by atoms with van der Waals surface area (Å²) in [5, 5.41) is 2.19. The number of nitrogens with two attached hydrogens (primary N) is 1. The summed E-state index contributed by atoms with van der Waals surface area (Å²) in [6.07, 6.45) is 0.183. The summed E-state index contributed by atoms with van der Waals surface area (Å²) >= 11 is 5.25. The highest BCUT2D eigenvalue weighted by molar-refractivity contribution is 7.80. The summed E-state index contributed by atoms with van der Waals surface area (Å²) < 4.78 is 14.0. The second-order valence-corrected chi connectivity index (χ2v) is 5.87. The Hall–Kier alpha value is -2.35. The van der Waals surface area contributed by atoms with Gasteiger partial charge in [-0.15, -0.1) is 0 Å². The van der Waals surface area contributed by atoms with Crippen LogP contribution in [0.15, 0.2) is 12.1 Å². The molecule has 2 aliphatic heterocycles. The van der Waals surface area contributed by atoms with Crippen LogP contribution in [-0.4, -0.2) is 33.1 Å². The molecular formula is C14H12FN3O3S. The van der Waals surface area contributed by atoms with E-state index in [1.807, 2.05) is 0 Å². The van der Waals surface area contributed by atoms with Gasteiger partial charge in [0.2, 0.25) is 5.91 Å². The first kappa shape index (κ1) is 14.6. The number of hydrogen-bond acceptors (Lipinski definition) is 5. The minimum absolute atomic E-state index is 0.00370. The molecule has 3 amide bonds. The van der Waals surface area contributed by atoms with Crippen molar-refractivity contribution in [3.05, 3.63) is 29.1 Å². The quantitative estimate of drug-likeness (QED) is 0.452. The van der Waals surface area contributed by atoms with Crippen LogP contribution >= 0.6 is 12.2 Å². The standard InChI is InChI=1S/C14H12FN3O3S/c1-14(5-4-8(19)17-13(14)21)18-11(20)9-6(15)2-3-7(16)10(9)12(18)22/h2-3H,4-5,16H2,1H3,(H,17,19,21)/t14-/m0/s1. The third-order valence-corrected chi connectivity index (χ3v) is 4.48. The summed E-state index contributed by atoms with van der Waals surface area (Å²) in [6, 6.07) is 2.41. The van der Waals surface area contributed by atoms with Gasteiger partial charge in [-0.2, -0.15) is 0 Å². The second kappa shape index (κ2) is 4.57. The number of nitrogens with zero attached hydrogens (tertiary/aromatic N) is 1. The van der Waals surface area contributed by atoms with Crippen molar-refractivity contribution in [3.63, 3.8) is 0 Å². The van der Waals surface area contributed by atoms with Gasteiger partial charge in [-0.3, -0.25) is 24.6 Å². The maximum absolute atomic E-state index is 14.0. The van der Waals surface area contributed by atoms with Crippen molar-refractivity contribution in [1.29, 1.82) is 0 Å². The monoisotopic (exact) mass is 321 g/mol. The number of hydrogen-bond donors (Lipinski definition) is 2. The molecule has 1 aromatic rings. The highest BCUT2D eigenvalue weighted by Gasteiger charge is 2.52. The molecule has 1 aromatic carbocycles. The highest BCUT2D eigenvalue weighted by atomic mass is 32.1. The summed E-state index contributed by atoms with van der Waals surface area (Å²) in [7, 11) is 0. The molecule has 0 spiro atoms. The average Bonchev–Trinajstić information content (AvgIpc) is 2.72. The Bertz CT molecular complexity index is 723. The lowest BCUT2D eigenvalue weighted by Crippen LogP contribution is -2.62. The van der Waals surface area contributed by atoms with Crippen molar-refractivity contribution < 1.29 is 18.8 Å². The number of halogens is 1. The lowest BCUT2D eigenvalue weighted by atomic mass is 9.89. The number of nitrogen functional groups attached to an aromatic ring is 1. The number of rotatable bonds is 1. The van der Waals surface area contributed by atoms with E-state index in [0.717, 1.165) is 11.0 Å². The Balaban J connectivity index is 2.12. The van der Waals surface area contributed by atoms with Crippen LogP contribution in [-0.2, 0) is 9.59 Å². The van der Waals surface area contributed by atoms with Crippen molar-refractivity contribution in [1.82, 2.24) is 10.2 Å². The number of amides is 3. The van der Waals surface area contributed by atoms with E-state index in [-0.39, 0.29) is 34.6 Å². The van der Waals surface area contributed by atoms with E-state index in [1.165, 1.54) is 13.0 Å². The topological polar surface area (TPSA) is 92.5 Å². The molecule has 22 heavy (non-hydrogen) atoms.